The van der Waals surface area contributed by atoms with Crippen LogP contribution in [0.3, 0.4) is 0 Å². The fourth-order valence-corrected chi connectivity index (χ4v) is 3.10. The van der Waals surface area contributed by atoms with Crippen LogP contribution in [-0.2, 0) is 5.60 Å². The summed E-state index contributed by atoms with van der Waals surface area (Å²) in [6.45, 7) is 0.131. The average molecular weight is 332 g/mol. The Morgan fingerprint density at radius 1 is 1.00 bits per heavy atom. The van der Waals surface area contributed by atoms with Crippen molar-refractivity contribution in [2.45, 2.75) is 11.7 Å². The summed E-state index contributed by atoms with van der Waals surface area (Å²) in [6, 6.07) is 12.6. The maximum absolute atomic E-state index is 11.1. The minimum Gasteiger partial charge on any atom is -0.578 e. The first-order chi connectivity index (χ1) is 11.2. The Hall–Kier alpha value is -0.808. The van der Waals surface area contributed by atoms with Gasteiger partial charge in [0.1, 0.15) is 6.61 Å². The van der Waals surface area contributed by atoms with Crippen molar-refractivity contribution in [2.75, 3.05) is 20.5 Å². The molecule has 0 fully saturated rings. The topological polar surface area (TPSA) is 66.4 Å². The number of rotatable bonds is 1. The quantitative estimate of drug-likeness (QED) is 0.414. The summed E-state index contributed by atoms with van der Waals surface area (Å²) >= 11 is 0. The Balaban J connectivity index is 0.000000810. The van der Waals surface area contributed by atoms with E-state index in [1.807, 2.05) is 0 Å². The molecule has 3 aliphatic rings. The molecule has 0 aliphatic carbocycles. The molecule has 0 saturated carbocycles. The molecule has 3 heterocycles. The van der Waals surface area contributed by atoms with E-state index in [1.54, 1.807) is 19.2 Å². The molecule has 2 aromatic carbocycles. The fraction of sp³-hybridized carbons (Fsp3) is 0.294. The Morgan fingerprint density at radius 2 is 1.73 bits per heavy atom. The maximum atomic E-state index is 11.1. The summed E-state index contributed by atoms with van der Waals surface area (Å²) in [5.41, 5.74) is -0.199. The molecule has 2 atom stereocenters. The Morgan fingerprint density at radius 3 is 2.46 bits per heavy atom. The Bertz CT molecular complexity index is 830. The van der Waals surface area contributed by atoms with Crippen molar-refractivity contribution in [2.24, 2.45) is 0 Å². The number of hydrogen-bond acceptors (Lipinski definition) is 6. The Labute approximate surface area is 187 Å². The number of aliphatic hydroxyl groups is 1. The second kappa shape index (κ2) is 7.67. The fourth-order valence-electron chi connectivity index (χ4n) is 3.10. The molecule has 9 heteroatoms. The van der Waals surface area contributed by atoms with Crippen molar-refractivity contribution in [3.63, 3.8) is 0 Å². The van der Waals surface area contributed by atoms with E-state index in [9.17, 15) is 5.11 Å². The van der Waals surface area contributed by atoms with E-state index >= 15 is 0 Å². The van der Waals surface area contributed by atoms with E-state index < -0.39 is 11.7 Å². The molecule has 5 rings (SSSR count). The molecule has 26 heavy (non-hydrogen) atoms. The summed E-state index contributed by atoms with van der Waals surface area (Å²) in [5.74, 6) is 2.33. The molecule has 2 aromatic rings. The summed E-state index contributed by atoms with van der Waals surface area (Å²) in [4.78, 5) is 0. The largest absolute Gasteiger partial charge is 1.00 e. The minimum atomic E-state index is -1.36. The van der Waals surface area contributed by atoms with Gasteiger partial charge in [-0.15, -0.1) is 6.07 Å². The second-order valence-corrected chi connectivity index (χ2v) is 5.54. The summed E-state index contributed by atoms with van der Waals surface area (Å²) in [6.07, 6.45) is -0.626. The van der Waals surface area contributed by atoms with Gasteiger partial charge in [-0.25, -0.2) is 6.07 Å². The van der Waals surface area contributed by atoms with Crippen molar-refractivity contribution < 1.29 is 85.4 Å². The van der Waals surface area contributed by atoms with Crippen molar-refractivity contribution in [3.05, 3.63) is 41.5 Å². The summed E-state index contributed by atoms with van der Waals surface area (Å²) in [5, 5.41) is 11.1. The van der Waals surface area contributed by atoms with Gasteiger partial charge in [0.25, 0.3) is 0 Å². The molecule has 0 spiro atoms. The van der Waals surface area contributed by atoms with Crippen molar-refractivity contribution in [3.8, 4) is 28.7 Å². The van der Waals surface area contributed by atoms with E-state index in [-0.39, 0.29) is 70.0 Å². The molecule has 0 aromatic heterocycles. The van der Waals surface area contributed by atoms with Crippen LogP contribution in [0, 0.1) is 18.2 Å². The van der Waals surface area contributed by atoms with Crippen LogP contribution in [0.25, 0.3) is 0 Å². The number of benzene rings is 2. The predicted molar refractivity (Wildman–Crippen MR) is 74.8 cm³/mol. The molecule has 0 bridgehead atoms. The number of methoxy groups -OCH3 is 1. The van der Waals surface area contributed by atoms with E-state index in [0.717, 1.165) is 0 Å². The van der Waals surface area contributed by atoms with Crippen LogP contribution in [0.4, 0.5) is 0 Å². The van der Waals surface area contributed by atoms with Crippen LogP contribution in [0.5, 0.6) is 28.7 Å². The van der Waals surface area contributed by atoms with E-state index in [1.165, 1.54) is 0 Å². The van der Waals surface area contributed by atoms with Crippen molar-refractivity contribution in [1.82, 2.24) is 0 Å². The number of fused-ring (bicyclic) bond motifs is 6. The predicted octanol–water partition coefficient (Wildman–Crippen LogP) is -7.45. The number of ether oxygens (including phenoxy) is 5. The normalized spacial score (nSPS) is 22.8. The maximum Gasteiger partial charge on any atom is 1.00 e. The Kier molecular flexibility index (Phi) is 6.34. The molecule has 0 amide bonds. The van der Waals surface area contributed by atoms with Crippen LogP contribution >= 0.6 is 0 Å². The standard InChI is InChI=1S/C17H11O6.3Li/c1-19-9-2-3-10-12(4-9)20-7-17(18)11-5-14-15(22-8-21-14)6-13(11)23-16(10)17;;;/h2-3,16,18H,7-8H2,1H3;;;/q-3;3*+1/t16-,17+;;;/m1.../s1. The molecule has 3 aliphatic heterocycles. The van der Waals surface area contributed by atoms with Gasteiger partial charge in [0.05, 0.1) is 18.8 Å². The molecule has 0 unspecified atom stereocenters. The van der Waals surface area contributed by atoms with Gasteiger partial charge in [-0.3, -0.25) is 6.07 Å². The summed E-state index contributed by atoms with van der Waals surface area (Å²) < 4.78 is 27.4. The third-order valence-electron chi connectivity index (χ3n) is 4.26. The molecular weight excluding hydrogens is 321 g/mol. The number of hydrogen-bond donors (Lipinski definition) is 1. The SMILES string of the molecule is COc1[c-]c2c(cc1)[C@H]1Oc3[c-]c4c([c-]c3[C@@]1(O)CO2)OCO4.[Li+].[Li+].[Li+]. The monoisotopic (exact) mass is 332 g/mol. The zero-order valence-corrected chi connectivity index (χ0v) is 15.1. The smallest absolute Gasteiger partial charge is 0.578 e. The zero-order chi connectivity index (χ0) is 15.6. The molecule has 118 valence electrons. The van der Waals surface area contributed by atoms with Crippen LogP contribution in [0.15, 0.2) is 12.1 Å². The van der Waals surface area contributed by atoms with Crippen LogP contribution < -0.4 is 80.3 Å². The van der Waals surface area contributed by atoms with Crippen molar-refractivity contribution in [1.29, 1.82) is 0 Å². The van der Waals surface area contributed by atoms with E-state index in [0.29, 0.717) is 39.9 Å². The van der Waals surface area contributed by atoms with E-state index in [4.69, 9.17) is 23.7 Å². The zero-order valence-electron chi connectivity index (χ0n) is 15.1. The summed E-state index contributed by atoms with van der Waals surface area (Å²) in [7, 11) is 1.56. The van der Waals surface area contributed by atoms with Gasteiger partial charge in [-0.2, -0.15) is 11.6 Å². The molecular formula is C17H11Li3O6. The average Bonchev–Trinajstić information content (AvgIpc) is 3.14. The third kappa shape index (κ3) is 2.95. The van der Waals surface area contributed by atoms with Crippen LogP contribution in [0.2, 0.25) is 0 Å². The first-order valence-corrected chi connectivity index (χ1v) is 7.10. The van der Waals surface area contributed by atoms with E-state index in [2.05, 4.69) is 18.2 Å². The molecule has 0 saturated heterocycles. The van der Waals surface area contributed by atoms with Crippen LogP contribution in [-0.4, -0.2) is 25.6 Å². The molecule has 0 radical (unpaired) electrons. The first-order valence-electron chi connectivity index (χ1n) is 7.10. The van der Waals surface area contributed by atoms with Gasteiger partial charge >= 0.3 is 56.6 Å². The van der Waals surface area contributed by atoms with Gasteiger partial charge < -0.3 is 28.8 Å². The second-order valence-electron chi connectivity index (χ2n) is 5.54. The molecule has 6 nitrogen and oxygen atoms in total. The van der Waals surface area contributed by atoms with Gasteiger partial charge in [0, 0.05) is 11.5 Å². The first kappa shape index (κ1) is 21.5. The van der Waals surface area contributed by atoms with Gasteiger partial charge in [-0.1, -0.05) is 28.9 Å². The van der Waals surface area contributed by atoms with Crippen LogP contribution in [0.1, 0.15) is 17.2 Å². The van der Waals surface area contributed by atoms with Crippen molar-refractivity contribution >= 4 is 0 Å². The van der Waals surface area contributed by atoms with Gasteiger partial charge in [0.15, 0.2) is 0 Å². The van der Waals surface area contributed by atoms with Gasteiger partial charge in [0.2, 0.25) is 6.79 Å². The third-order valence-corrected chi connectivity index (χ3v) is 4.26. The minimum absolute atomic E-state index is 0. The molecule has 1 N–H and O–H groups in total. The van der Waals surface area contributed by atoms with Gasteiger partial charge in [-0.05, 0) is 0 Å².